The molecule has 2 aliphatic carbocycles. The SMILES string of the molecule is Cl.Cl.[CH3][Ti]([CH3])(=[SiH2])([C]1=C(c2ccccc2)C=C(c2ccccc2)C1)[C]1=C(c2ccccc2)C=C(c2ccccc2)C1. The van der Waals surface area contributed by atoms with Gasteiger partial charge in [-0.1, -0.05) is 0 Å². The molecule has 0 atom stereocenters. The predicted molar refractivity (Wildman–Crippen MR) is 180 cm³/mol. The van der Waals surface area contributed by atoms with Crippen LogP contribution in [0.4, 0.5) is 0 Å². The van der Waals surface area contributed by atoms with Crippen LogP contribution in [0.15, 0.2) is 141 Å². The van der Waals surface area contributed by atoms with E-state index in [1.807, 2.05) is 0 Å². The number of hydrogen-bond donors (Lipinski definition) is 0. The summed E-state index contributed by atoms with van der Waals surface area (Å²) in [6.07, 6.45) is 7.06. The fraction of sp³-hybridized carbons (Fsp3) is 0.111. The number of allylic oxidation sites excluding steroid dienone is 8. The monoisotopic (exact) mass is 614 g/mol. The van der Waals surface area contributed by atoms with Gasteiger partial charge in [0.15, 0.2) is 0 Å². The van der Waals surface area contributed by atoms with Crippen molar-refractivity contribution in [2.75, 3.05) is 0 Å². The minimum atomic E-state index is -3.41. The quantitative estimate of drug-likeness (QED) is 0.190. The van der Waals surface area contributed by atoms with Gasteiger partial charge < -0.3 is 0 Å². The second kappa shape index (κ2) is 12.1. The van der Waals surface area contributed by atoms with E-state index in [-0.39, 0.29) is 24.8 Å². The molecule has 0 spiro atoms. The fourth-order valence-electron chi connectivity index (χ4n) is 6.23. The first-order valence-corrected chi connectivity index (χ1v) is 22.3. The van der Waals surface area contributed by atoms with Crippen molar-refractivity contribution in [3.63, 3.8) is 0 Å². The van der Waals surface area contributed by atoms with Crippen LogP contribution >= 0.6 is 24.8 Å². The van der Waals surface area contributed by atoms with Crippen molar-refractivity contribution >= 4 is 54.7 Å². The molecule has 4 aromatic rings. The van der Waals surface area contributed by atoms with Crippen molar-refractivity contribution < 1.29 is 14.0 Å². The van der Waals surface area contributed by atoms with E-state index >= 15 is 0 Å². The molecule has 4 heteroatoms. The van der Waals surface area contributed by atoms with Gasteiger partial charge in [0.05, 0.1) is 0 Å². The summed E-state index contributed by atoms with van der Waals surface area (Å²) in [5.74, 6) is 0. The molecule has 0 bridgehead atoms. The molecule has 0 aromatic heterocycles. The predicted octanol–water partition coefficient (Wildman–Crippen LogP) is 9.96. The first-order chi connectivity index (χ1) is 18.4. The van der Waals surface area contributed by atoms with Crippen LogP contribution in [0.25, 0.3) is 22.3 Å². The van der Waals surface area contributed by atoms with Crippen molar-refractivity contribution in [1.82, 2.24) is 0 Å². The van der Waals surface area contributed by atoms with Crippen LogP contribution in [-0.4, -0.2) is 7.63 Å². The zero-order valence-electron chi connectivity index (χ0n) is 23.1. The number of halogens is 2. The van der Waals surface area contributed by atoms with E-state index in [2.05, 4.69) is 152 Å². The Kier molecular flexibility index (Phi) is 9.15. The molecular formula is C36H36Cl2SiTi. The summed E-state index contributed by atoms with van der Waals surface area (Å²) in [5.41, 5.74) is 11.2. The standard InChI is InChI=1S/2C17H13.2CH3.2ClH.H2Si.Ti/c2*1-3-7-14(8-4-1)16-11-12-17(13-16)15-9-5-2-6-10-15;;;;;;/h2*1-10,13H,11H2;2*1H3;2*1H;1H2;. The Balaban J connectivity index is 0.00000185. The molecule has 0 heterocycles. The van der Waals surface area contributed by atoms with Crippen molar-refractivity contribution in [2.24, 2.45) is 0 Å². The van der Waals surface area contributed by atoms with Crippen molar-refractivity contribution in [3.05, 3.63) is 163 Å². The van der Waals surface area contributed by atoms with Crippen LogP contribution in [0.5, 0.6) is 0 Å². The molecule has 0 aliphatic heterocycles. The topological polar surface area (TPSA) is 0 Å². The molecule has 6 rings (SSSR count). The van der Waals surface area contributed by atoms with E-state index in [4.69, 9.17) is 0 Å². The van der Waals surface area contributed by atoms with Crippen LogP contribution in [0.3, 0.4) is 0 Å². The van der Waals surface area contributed by atoms with Crippen molar-refractivity contribution in [3.8, 4) is 0 Å². The van der Waals surface area contributed by atoms with Gasteiger partial charge in [-0.05, 0) is 0 Å². The van der Waals surface area contributed by atoms with Gasteiger partial charge in [0.2, 0.25) is 0 Å². The minimum absolute atomic E-state index is 0. The van der Waals surface area contributed by atoms with Crippen LogP contribution in [0.1, 0.15) is 35.1 Å². The average Bonchev–Trinajstić information content (AvgIpc) is 3.63. The summed E-state index contributed by atoms with van der Waals surface area (Å²) in [6, 6.07) is 44.1. The molecule has 0 N–H and O–H groups in total. The van der Waals surface area contributed by atoms with Crippen LogP contribution in [0, 0.1) is 0 Å². The van der Waals surface area contributed by atoms with E-state index in [0.29, 0.717) is 0 Å². The second-order valence-electron chi connectivity index (χ2n) is 11.6. The summed E-state index contributed by atoms with van der Waals surface area (Å²) in [5, 5.41) is 5.32. The third-order valence-corrected chi connectivity index (χ3v) is 19.4. The van der Waals surface area contributed by atoms with E-state index in [1.54, 1.807) is 7.76 Å². The Bertz CT molecular complexity index is 1570. The number of benzene rings is 4. The Morgan fingerprint density at radius 1 is 0.450 bits per heavy atom. The molecule has 0 unspecified atom stereocenters. The average molecular weight is 616 g/mol. The van der Waals surface area contributed by atoms with E-state index < -0.39 is 14.0 Å². The van der Waals surface area contributed by atoms with E-state index in [0.717, 1.165) is 12.8 Å². The van der Waals surface area contributed by atoms with Crippen LogP contribution < -0.4 is 0 Å². The van der Waals surface area contributed by atoms with Crippen molar-refractivity contribution in [1.29, 1.82) is 0 Å². The molecule has 0 amide bonds. The third-order valence-electron chi connectivity index (χ3n) is 8.42. The maximum atomic E-state index is 2.66. The molecule has 0 saturated heterocycles. The Labute approximate surface area is 254 Å². The summed E-state index contributed by atoms with van der Waals surface area (Å²) in [6.45, 7) is 0. The number of hydrogen-bond acceptors (Lipinski definition) is 0. The molecule has 202 valence electrons. The molecule has 4 aromatic carbocycles. The molecular weight excluding hydrogens is 579 g/mol. The maximum absolute atomic E-state index is 3.41. The summed E-state index contributed by atoms with van der Waals surface area (Å²) >= 11 is -3.41. The van der Waals surface area contributed by atoms with E-state index in [1.165, 1.54) is 44.5 Å². The summed E-state index contributed by atoms with van der Waals surface area (Å²) in [4.78, 5) is 0. The first kappa shape index (κ1) is 30.3. The summed E-state index contributed by atoms with van der Waals surface area (Å²) in [7, 11) is 2.36. The molecule has 2 aliphatic rings. The van der Waals surface area contributed by atoms with Crippen LogP contribution in [0.2, 0.25) is 10.5 Å². The van der Waals surface area contributed by atoms with E-state index in [9.17, 15) is 0 Å². The van der Waals surface area contributed by atoms with Gasteiger partial charge in [-0.3, -0.25) is 0 Å². The molecule has 0 radical (unpaired) electrons. The van der Waals surface area contributed by atoms with Gasteiger partial charge in [-0.25, -0.2) is 0 Å². The Morgan fingerprint density at radius 2 is 0.725 bits per heavy atom. The van der Waals surface area contributed by atoms with Gasteiger partial charge in [0, 0.05) is 0 Å². The number of rotatable bonds is 6. The zero-order valence-corrected chi connectivity index (χ0v) is 27.7. The van der Waals surface area contributed by atoms with Gasteiger partial charge in [0.1, 0.15) is 0 Å². The second-order valence-corrected chi connectivity index (χ2v) is 30.6. The Hall–Kier alpha value is -2.65. The van der Waals surface area contributed by atoms with Crippen molar-refractivity contribution in [2.45, 2.75) is 23.3 Å². The van der Waals surface area contributed by atoms with Gasteiger partial charge in [0.25, 0.3) is 0 Å². The van der Waals surface area contributed by atoms with Gasteiger partial charge >= 0.3 is 231 Å². The molecule has 0 saturated carbocycles. The van der Waals surface area contributed by atoms with Gasteiger partial charge in [-0.2, -0.15) is 0 Å². The first-order valence-electron chi connectivity index (χ1n) is 13.6. The molecule has 40 heavy (non-hydrogen) atoms. The normalized spacial score (nSPS) is 15.3. The zero-order chi connectivity index (χ0) is 26.2. The van der Waals surface area contributed by atoms with Crippen LogP contribution in [-0.2, 0) is 14.0 Å². The summed E-state index contributed by atoms with van der Waals surface area (Å²) < 4.78 is 3.38. The fourth-order valence-corrected chi connectivity index (χ4v) is 15.1. The van der Waals surface area contributed by atoms with Gasteiger partial charge in [-0.15, -0.1) is 24.8 Å². The molecule has 0 nitrogen and oxygen atoms in total. The molecule has 0 fully saturated rings. The third kappa shape index (κ3) is 5.73. The Morgan fingerprint density at radius 3 is 1.02 bits per heavy atom.